The number of hydrogen-bond acceptors (Lipinski definition) is 4. The normalized spacial score (nSPS) is 27.0. The maximum Gasteiger partial charge on any atom is 0.410 e. The number of carbonyl (C=O) groups is 1. The van der Waals surface area contributed by atoms with E-state index in [9.17, 15) is 10.1 Å². The number of nitriles is 1. The summed E-state index contributed by atoms with van der Waals surface area (Å²) >= 11 is 0. The predicted molar refractivity (Wildman–Crippen MR) is 86.5 cm³/mol. The SMILES string of the molecule is CC(C)(C)OC(=O)N1CC2(C#N)C[C@@H]1CN2Cc1ccccc1. The average molecular weight is 313 g/mol. The number of carbonyl (C=O) groups excluding carboxylic acids is 1. The van der Waals surface area contributed by atoms with Gasteiger partial charge in [0.25, 0.3) is 0 Å². The van der Waals surface area contributed by atoms with Crippen LogP contribution in [0.3, 0.4) is 0 Å². The number of rotatable bonds is 2. The van der Waals surface area contributed by atoms with Crippen molar-refractivity contribution in [3.63, 3.8) is 0 Å². The summed E-state index contributed by atoms with van der Waals surface area (Å²) in [7, 11) is 0. The molecule has 0 N–H and O–H groups in total. The molecule has 0 aliphatic carbocycles. The monoisotopic (exact) mass is 313 g/mol. The van der Waals surface area contributed by atoms with E-state index in [0.717, 1.165) is 13.1 Å². The molecule has 2 aliphatic rings. The highest BCUT2D eigenvalue weighted by molar-refractivity contribution is 5.70. The van der Waals surface area contributed by atoms with Gasteiger partial charge in [0, 0.05) is 19.5 Å². The van der Waals surface area contributed by atoms with Crippen LogP contribution in [0.15, 0.2) is 30.3 Å². The van der Waals surface area contributed by atoms with Crippen LogP contribution in [-0.4, -0.2) is 46.2 Å². The van der Waals surface area contributed by atoms with E-state index in [-0.39, 0.29) is 12.1 Å². The molecule has 0 aromatic heterocycles. The lowest BCUT2D eigenvalue weighted by Crippen LogP contribution is -2.55. The van der Waals surface area contributed by atoms with Crippen molar-refractivity contribution < 1.29 is 9.53 Å². The van der Waals surface area contributed by atoms with Crippen molar-refractivity contribution in [2.24, 2.45) is 0 Å². The second-order valence-corrected chi connectivity index (χ2v) is 7.48. The summed E-state index contributed by atoms with van der Waals surface area (Å²) in [5.74, 6) is 0. The van der Waals surface area contributed by atoms with Gasteiger partial charge in [-0.15, -0.1) is 0 Å². The van der Waals surface area contributed by atoms with Crippen LogP contribution < -0.4 is 0 Å². The summed E-state index contributed by atoms with van der Waals surface area (Å²) in [5, 5.41) is 9.75. The van der Waals surface area contributed by atoms with Gasteiger partial charge < -0.3 is 9.64 Å². The molecule has 1 amide bonds. The first kappa shape index (κ1) is 15.8. The molecule has 2 fully saturated rings. The molecule has 5 heteroatoms. The third-order valence-electron chi connectivity index (χ3n) is 4.53. The van der Waals surface area contributed by atoms with E-state index < -0.39 is 11.1 Å². The van der Waals surface area contributed by atoms with Gasteiger partial charge in [0.2, 0.25) is 0 Å². The standard InChI is InChI=1S/C18H23N3O2/c1-17(2,3)23-16(22)21-13-18(12-19)9-15(21)11-20(18)10-14-7-5-4-6-8-14/h4-8,15H,9-11,13H2,1-3H3/t15-,18?/m1/s1. The Labute approximate surface area is 137 Å². The Hall–Kier alpha value is -2.06. The highest BCUT2D eigenvalue weighted by Crippen LogP contribution is 2.41. The molecule has 23 heavy (non-hydrogen) atoms. The molecular weight excluding hydrogens is 290 g/mol. The molecule has 0 saturated carbocycles. The fraction of sp³-hybridized carbons (Fsp3) is 0.556. The third kappa shape index (κ3) is 3.04. The molecule has 1 unspecified atom stereocenters. The molecule has 2 heterocycles. The Morgan fingerprint density at radius 1 is 1.39 bits per heavy atom. The molecule has 2 atom stereocenters. The quantitative estimate of drug-likeness (QED) is 0.842. The van der Waals surface area contributed by atoms with Crippen LogP contribution in [0.1, 0.15) is 32.8 Å². The molecule has 3 rings (SSSR count). The number of likely N-dealkylation sites (tertiary alicyclic amines) is 2. The molecule has 2 aliphatic heterocycles. The van der Waals surface area contributed by atoms with E-state index in [1.165, 1.54) is 5.56 Å². The van der Waals surface area contributed by atoms with Crippen molar-refractivity contribution in [2.45, 2.75) is 50.9 Å². The van der Waals surface area contributed by atoms with Crippen LogP contribution in [0.4, 0.5) is 4.79 Å². The summed E-state index contributed by atoms with van der Waals surface area (Å²) in [4.78, 5) is 16.3. The van der Waals surface area contributed by atoms with Crippen LogP contribution in [0.2, 0.25) is 0 Å². The van der Waals surface area contributed by atoms with Gasteiger partial charge in [-0.05, 0) is 26.3 Å². The Balaban J connectivity index is 1.72. The minimum Gasteiger partial charge on any atom is -0.444 e. The van der Waals surface area contributed by atoms with Crippen LogP contribution in [0.5, 0.6) is 0 Å². The first-order valence-electron chi connectivity index (χ1n) is 8.03. The van der Waals surface area contributed by atoms with Crippen molar-refractivity contribution in [2.75, 3.05) is 13.1 Å². The van der Waals surface area contributed by atoms with Crippen molar-refractivity contribution in [3.8, 4) is 6.07 Å². The van der Waals surface area contributed by atoms with Crippen molar-refractivity contribution >= 4 is 6.09 Å². The summed E-state index contributed by atoms with van der Waals surface area (Å²) in [6.07, 6.45) is 0.397. The summed E-state index contributed by atoms with van der Waals surface area (Å²) < 4.78 is 5.48. The minimum atomic E-state index is -0.586. The Kier molecular flexibility index (Phi) is 3.81. The van der Waals surface area contributed by atoms with Crippen LogP contribution in [0.25, 0.3) is 0 Å². The number of fused-ring (bicyclic) bond motifs is 2. The molecule has 0 spiro atoms. The number of hydrogen-bond donors (Lipinski definition) is 0. The van der Waals surface area contributed by atoms with Gasteiger partial charge in [0.1, 0.15) is 11.1 Å². The Morgan fingerprint density at radius 3 is 2.70 bits per heavy atom. The van der Waals surface area contributed by atoms with Gasteiger partial charge in [-0.25, -0.2) is 4.79 Å². The van der Waals surface area contributed by atoms with E-state index in [1.807, 2.05) is 39.0 Å². The molecule has 1 aromatic rings. The molecule has 5 nitrogen and oxygen atoms in total. The lowest BCUT2D eigenvalue weighted by Gasteiger charge is -2.38. The Bertz CT molecular complexity index is 632. The molecule has 0 radical (unpaired) electrons. The summed E-state index contributed by atoms with van der Waals surface area (Å²) in [6.45, 7) is 7.48. The maximum atomic E-state index is 12.3. The van der Waals surface area contributed by atoms with E-state index in [4.69, 9.17) is 4.74 Å². The van der Waals surface area contributed by atoms with E-state index in [2.05, 4.69) is 23.1 Å². The topological polar surface area (TPSA) is 56.6 Å². The van der Waals surface area contributed by atoms with Gasteiger partial charge in [0.15, 0.2) is 0 Å². The fourth-order valence-electron chi connectivity index (χ4n) is 3.50. The zero-order valence-corrected chi connectivity index (χ0v) is 14.0. The molecule has 2 bridgehead atoms. The molecule has 2 saturated heterocycles. The Morgan fingerprint density at radius 2 is 2.09 bits per heavy atom. The van der Waals surface area contributed by atoms with E-state index in [0.29, 0.717) is 13.0 Å². The largest absolute Gasteiger partial charge is 0.444 e. The van der Waals surface area contributed by atoms with Crippen molar-refractivity contribution in [3.05, 3.63) is 35.9 Å². The zero-order chi connectivity index (χ0) is 16.7. The predicted octanol–water partition coefficient (Wildman–Crippen LogP) is 2.77. The van der Waals surface area contributed by atoms with Crippen LogP contribution in [-0.2, 0) is 11.3 Å². The summed E-state index contributed by atoms with van der Waals surface area (Å²) in [6, 6.07) is 12.7. The van der Waals surface area contributed by atoms with E-state index >= 15 is 0 Å². The highest BCUT2D eigenvalue weighted by atomic mass is 16.6. The van der Waals surface area contributed by atoms with Crippen molar-refractivity contribution in [1.82, 2.24) is 9.80 Å². The van der Waals surface area contributed by atoms with Crippen LogP contribution in [0, 0.1) is 11.3 Å². The van der Waals surface area contributed by atoms with Crippen LogP contribution >= 0.6 is 0 Å². The number of piperazine rings is 1. The maximum absolute atomic E-state index is 12.3. The first-order chi connectivity index (χ1) is 10.8. The van der Waals surface area contributed by atoms with Crippen molar-refractivity contribution in [1.29, 1.82) is 5.26 Å². The van der Waals surface area contributed by atoms with E-state index in [1.54, 1.807) is 4.90 Å². The van der Waals surface area contributed by atoms with Gasteiger partial charge in [-0.1, -0.05) is 30.3 Å². The number of amides is 1. The zero-order valence-electron chi connectivity index (χ0n) is 14.0. The second kappa shape index (κ2) is 5.54. The fourth-order valence-corrected chi connectivity index (χ4v) is 3.50. The van der Waals surface area contributed by atoms with Gasteiger partial charge in [-0.3, -0.25) is 4.90 Å². The number of ether oxygens (including phenoxy) is 1. The molecular formula is C18H23N3O2. The van der Waals surface area contributed by atoms with Gasteiger partial charge in [0.05, 0.1) is 18.7 Å². The number of benzene rings is 1. The second-order valence-electron chi connectivity index (χ2n) is 7.48. The third-order valence-corrected chi connectivity index (χ3v) is 4.53. The average Bonchev–Trinajstić information content (AvgIpc) is 3.02. The van der Waals surface area contributed by atoms with Gasteiger partial charge in [-0.2, -0.15) is 5.26 Å². The van der Waals surface area contributed by atoms with Gasteiger partial charge >= 0.3 is 6.09 Å². The molecule has 122 valence electrons. The highest BCUT2D eigenvalue weighted by Gasteiger charge is 2.57. The summed E-state index contributed by atoms with van der Waals surface area (Å²) in [5.41, 5.74) is 0.0957. The molecule has 1 aromatic carbocycles. The lowest BCUT2D eigenvalue weighted by molar-refractivity contribution is 0.00773. The first-order valence-corrected chi connectivity index (χ1v) is 8.03. The minimum absolute atomic E-state index is 0.0632. The smallest absolute Gasteiger partial charge is 0.410 e. The lowest BCUT2D eigenvalue weighted by atomic mass is 10.0. The number of nitrogens with zero attached hydrogens (tertiary/aromatic N) is 3.